The van der Waals surface area contributed by atoms with Crippen molar-refractivity contribution in [2.24, 2.45) is 0 Å². The summed E-state index contributed by atoms with van der Waals surface area (Å²) in [5.74, 6) is 1.72. The Bertz CT molecular complexity index is 1230. The predicted molar refractivity (Wildman–Crippen MR) is 138 cm³/mol. The van der Waals surface area contributed by atoms with E-state index >= 15 is 0 Å². The number of benzene rings is 2. The SMILES string of the molecule is CCOc1ccc(-c2c(C)sc3ncnc(Nc4ccc(N5CCN(C)CC5)cc4)c23)cc1. The Kier molecular flexibility index (Phi) is 6.15. The molecule has 2 aromatic carbocycles. The number of ether oxygens (including phenoxy) is 1. The number of nitrogens with zero attached hydrogens (tertiary/aromatic N) is 4. The van der Waals surface area contributed by atoms with Gasteiger partial charge >= 0.3 is 0 Å². The fourth-order valence-corrected chi connectivity index (χ4v) is 5.34. The fraction of sp³-hybridized carbons (Fsp3) is 0.308. The molecule has 2 aromatic heterocycles. The molecule has 0 atom stereocenters. The summed E-state index contributed by atoms with van der Waals surface area (Å²) in [6, 6.07) is 16.9. The van der Waals surface area contributed by atoms with Crippen LogP contribution in [0.15, 0.2) is 54.9 Å². The Morgan fingerprint density at radius 2 is 1.70 bits per heavy atom. The van der Waals surface area contributed by atoms with E-state index < -0.39 is 0 Å². The van der Waals surface area contributed by atoms with Crippen molar-refractivity contribution >= 4 is 38.7 Å². The van der Waals surface area contributed by atoms with Gasteiger partial charge in [0.15, 0.2) is 0 Å². The van der Waals surface area contributed by atoms with Crippen LogP contribution in [0.25, 0.3) is 21.3 Å². The molecule has 33 heavy (non-hydrogen) atoms. The molecular weight excluding hydrogens is 430 g/mol. The van der Waals surface area contributed by atoms with Crippen molar-refractivity contribution in [3.63, 3.8) is 0 Å². The maximum Gasteiger partial charge on any atom is 0.143 e. The number of piperazine rings is 1. The van der Waals surface area contributed by atoms with E-state index in [2.05, 4.69) is 75.5 Å². The van der Waals surface area contributed by atoms with Gasteiger partial charge in [0, 0.05) is 48.0 Å². The summed E-state index contributed by atoms with van der Waals surface area (Å²) in [6.07, 6.45) is 1.64. The molecule has 0 aliphatic carbocycles. The minimum atomic E-state index is 0.662. The van der Waals surface area contributed by atoms with Crippen LogP contribution >= 0.6 is 11.3 Å². The number of anilines is 3. The van der Waals surface area contributed by atoms with Gasteiger partial charge in [0.05, 0.1) is 12.0 Å². The zero-order valence-corrected chi connectivity index (χ0v) is 20.2. The van der Waals surface area contributed by atoms with E-state index in [1.165, 1.54) is 16.1 Å². The van der Waals surface area contributed by atoms with Crippen LogP contribution in [0.2, 0.25) is 0 Å². The average Bonchev–Trinajstić information content (AvgIpc) is 3.18. The third kappa shape index (κ3) is 4.51. The quantitative estimate of drug-likeness (QED) is 0.407. The van der Waals surface area contributed by atoms with Crippen LogP contribution in [0.4, 0.5) is 17.2 Å². The van der Waals surface area contributed by atoms with Crippen LogP contribution in [-0.2, 0) is 0 Å². The number of fused-ring (bicyclic) bond motifs is 1. The summed E-state index contributed by atoms with van der Waals surface area (Å²) in [5.41, 5.74) is 4.61. The van der Waals surface area contributed by atoms with Gasteiger partial charge in [-0.1, -0.05) is 12.1 Å². The lowest BCUT2D eigenvalue weighted by Gasteiger charge is -2.34. The van der Waals surface area contributed by atoms with E-state index in [1.807, 2.05) is 19.1 Å². The maximum atomic E-state index is 5.62. The zero-order valence-electron chi connectivity index (χ0n) is 19.3. The number of aryl methyl sites for hydroxylation is 1. The lowest BCUT2D eigenvalue weighted by atomic mass is 10.0. The molecule has 5 rings (SSSR count). The van der Waals surface area contributed by atoms with Gasteiger partial charge in [0.25, 0.3) is 0 Å². The van der Waals surface area contributed by atoms with Gasteiger partial charge < -0.3 is 19.9 Å². The summed E-state index contributed by atoms with van der Waals surface area (Å²) < 4.78 is 5.62. The predicted octanol–water partition coefficient (Wildman–Crippen LogP) is 5.56. The molecule has 1 aliphatic rings. The molecule has 0 amide bonds. The topological polar surface area (TPSA) is 53.5 Å². The van der Waals surface area contributed by atoms with Gasteiger partial charge in [0.1, 0.15) is 22.7 Å². The molecule has 7 heteroatoms. The highest BCUT2D eigenvalue weighted by atomic mass is 32.1. The Hall–Kier alpha value is -3.16. The van der Waals surface area contributed by atoms with Crippen molar-refractivity contribution in [2.75, 3.05) is 50.1 Å². The molecule has 0 unspecified atom stereocenters. The number of aromatic nitrogens is 2. The normalized spacial score (nSPS) is 14.6. The standard InChI is InChI=1S/C26H29N5OS/c1-4-32-22-11-5-19(6-12-22)23-18(2)33-26-24(23)25(27-17-28-26)29-20-7-9-21(10-8-20)31-15-13-30(3)14-16-31/h5-12,17H,4,13-16H2,1-3H3,(H,27,28,29). The first-order valence-corrected chi connectivity index (χ1v) is 12.2. The summed E-state index contributed by atoms with van der Waals surface area (Å²) in [4.78, 5) is 16.2. The summed E-state index contributed by atoms with van der Waals surface area (Å²) >= 11 is 1.70. The maximum absolute atomic E-state index is 5.62. The number of likely N-dealkylation sites (N-methyl/N-ethyl adjacent to an activating group) is 1. The van der Waals surface area contributed by atoms with Crippen molar-refractivity contribution in [1.29, 1.82) is 0 Å². The van der Waals surface area contributed by atoms with Crippen molar-refractivity contribution in [3.05, 3.63) is 59.7 Å². The molecule has 1 saturated heterocycles. The number of thiophene rings is 1. The Morgan fingerprint density at radius 1 is 0.970 bits per heavy atom. The molecule has 3 heterocycles. The molecule has 1 N–H and O–H groups in total. The second-order valence-corrected chi connectivity index (χ2v) is 9.56. The van der Waals surface area contributed by atoms with Crippen LogP contribution < -0.4 is 15.0 Å². The number of hydrogen-bond donors (Lipinski definition) is 1. The van der Waals surface area contributed by atoms with Gasteiger partial charge in [0.2, 0.25) is 0 Å². The third-order valence-electron chi connectivity index (χ3n) is 6.12. The molecule has 0 saturated carbocycles. The minimum Gasteiger partial charge on any atom is -0.494 e. The number of nitrogens with one attached hydrogen (secondary N) is 1. The van der Waals surface area contributed by atoms with Crippen LogP contribution in [-0.4, -0.2) is 54.7 Å². The minimum absolute atomic E-state index is 0.662. The van der Waals surface area contributed by atoms with Gasteiger partial charge in [-0.2, -0.15) is 0 Å². The number of hydrogen-bond acceptors (Lipinski definition) is 7. The van der Waals surface area contributed by atoms with Crippen molar-refractivity contribution in [2.45, 2.75) is 13.8 Å². The Balaban J connectivity index is 1.44. The van der Waals surface area contributed by atoms with Gasteiger partial charge in [-0.15, -0.1) is 11.3 Å². The second-order valence-electron chi connectivity index (χ2n) is 8.36. The van der Waals surface area contributed by atoms with Crippen LogP contribution in [0, 0.1) is 6.92 Å². The summed E-state index contributed by atoms with van der Waals surface area (Å²) in [6.45, 7) is 9.14. The van der Waals surface area contributed by atoms with E-state index in [0.29, 0.717) is 6.61 Å². The first-order valence-electron chi connectivity index (χ1n) is 11.4. The molecule has 1 aliphatic heterocycles. The first-order chi connectivity index (χ1) is 16.1. The van der Waals surface area contributed by atoms with Crippen molar-refractivity contribution < 1.29 is 4.74 Å². The van der Waals surface area contributed by atoms with Crippen LogP contribution in [0.3, 0.4) is 0 Å². The van der Waals surface area contributed by atoms with E-state index in [0.717, 1.165) is 59.2 Å². The molecular formula is C26H29N5OS. The van der Waals surface area contributed by atoms with Gasteiger partial charge in [-0.05, 0) is 62.9 Å². The van der Waals surface area contributed by atoms with E-state index in [-0.39, 0.29) is 0 Å². The lowest BCUT2D eigenvalue weighted by Crippen LogP contribution is -2.44. The fourth-order valence-electron chi connectivity index (χ4n) is 4.33. The zero-order chi connectivity index (χ0) is 22.8. The smallest absolute Gasteiger partial charge is 0.143 e. The molecule has 1 fully saturated rings. The van der Waals surface area contributed by atoms with Gasteiger partial charge in [-0.3, -0.25) is 0 Å². The average molecular weight is 460 g/mol. The van der Waals surface area contributed by atoms with Gasteiger partial charge in [-0.25, -0.2) is 9.97 Å². The largest absolute Gasteiger partial charge is 0.494 e. The Morgan fingerprint density at radius 3 is 2.39 bits per heavy atom. The first kappa shape index (κ1) is 21.7. The van der Waals surface area contributed by atoms with Crippen LogP contribution in [0.1, 0.15) is 11.8 Å². The highest BCUT2D eigenvalue weighted by molar-refractivity contribution is 7.19. The molecule has 6 nitrogen and oxygen atoms in total. The van der Waals surface area contributed by atoms with E-state index in [1.54, 1.807) is 17.7 Å². The molecule has 0 spiro atoms. The third-order valence-corrected chi connectivity index (χ3v) is 7.13. The molecule has 0 bridgehead atoms. The highest BCUT2D eigenvalue weighted by Crippen LogP contribution is 2.41. The summed E-state index contributed by atoms with van der Waals surface area (Å²) in [5, 5.41) is 4.61. The monoisotopic (exact) mass is 459 g/mol. The lowest BCUT2D eigenvalue weighted by molar-refractivity contribution is 0.313. The second kappa shape index (κ2) is 9.37. The van der Waals surface area contributed by atoms with Crippen LogP contribution in [0.5, 0.6) is 5.75 Å². The molecule has 0 radical (unpaired) electrons. The summed E-state index contributed by atoms with van der Waals surface area (Å²) in [7, 11) is 2.18. The van der Waals surface area contributed by atoms with Crippen molar-refractivity contribution in [1.82, 2.24) is 14.9 Å². The highest BCUT2D eigenvalue weighted by Gasteiger charge is 2.18. The van der Waals surface area contributed by atoms with Crippen molar-refractivity contribution in [3.8, 4) is 16.9 Å². The molecule has 4 aromatic rings. The Labute approximate surface area is 198 Å². The van der Waals surface area contributed by atoms with E-state index in [4.69, 9.17) is 4.74 Å². The molecule has 170 valence electrons. The van der Waals surface area contributed by atoms with E-state index in [9.17, 15) is 0 Å². The number of rotatable bonds is 6.